The van der Waals surface area contributed by atoms with Gasteiger partial charge in [0, 0.05) is 13.5 Å². The van der Waals surface area contributed by atoms with Gasteiger partial charge in [-0.05, 0) is 12.8 Å². The number of ether oxygens (including phenoxy) is 3. The van der Waals surface area contributed by atoms with E-state index in [1.807, 2.05) is 0 Å². The van der Waals surface area contributed by atoms with Gasteiger partial charge in [-0.15, -0.1) is 0 Å². The highest BCUT2D eigenvalue weighted by atomic mass is 19.1. The second-order valence-electron chi connectivity index (χ2n) is 8.35. The molecule has 5 N–H and O–H groups in total. The molecule has 0 aliphatic carbocycles. The number of esters is 2. The molecule has 1 fully saturated rings. The van der Waals surface area contributed by atoms with E-state index >= 15 is 4.39 Å². The summed E-state index contributed by atoms with van der Waals surface area (Å²) in [6.45, 7) is 6.03. The van der Waals surface area contributed by atoms with Gasteiger partial charge in [-0.3, -0.25) is 14.2 Å². The Morgan fingerprint density at radius 3 is 2.70 bits per heavy atom. The molecule has 182 valence electrons. The lowest BCUT2D eigenvalue weighted by molar-refractivity contribution is -0.163. The number of hydrogen-bond acceptors (Lipinski definition) is 11. The molecule has 13 heteroatoms. The lowest BCUT2D eigenvalue weighted by Gasteiger charge is -2.29. The third-order valence-electron chi connectivity index (χ3n) is 5.54. The number of imidazole rings is 1. The maximum atomic E-state index is 16.3. The average Bonchev–Trinajstić information content (AvgIpc) is 3.28. The minimum atomic E-state index is -2.26. The quantitative estimate of drug-likeness (QED) is 0.472. The molecule has 5 atom stereocenters. The monoisotopic (exact) mass is 467 g/mol. The smallest absolute Gasteiger partial charge is 0.323 e. The van der Waals surface area contributed by atoms with E-state index in [9.17, 15) is 9.59 Å². The Hall–Kier alpha value is -3.06. The zero-order valence-electron chi connectivity index (χ0n) is 19.2. The van der Waals surface area contributed by atoms with Crippen LogP contribution in [0.25, 0.3) is 11.2 Å². The van der Waals surface area contributed by atoms with Crippen molar-refractivity contribution in [2.24, 2.45) is 11.7 Å². The zero-order valence-corrected chi connectivity index (χ0v) is 19.2. The highest BCUT2D eigenvalue weighted by Gasteiger charge is 2.59. The molecule has 2 aromatic rings. The van der Waals surface area contributed by atoms with Gasteiger partial charge in [-0.25, -0.2) is 9.37 Å². The lowest BCUT2D eigenvalue weighted by Crippen LogP contribution is -2.48. The van der Waals surface area contributed by atoms with Crippen LogP contribution >= 0.6 is 0 Å². The Balaban J connectivity index is 1.99. The fraction of sp³-hybridized carbons (Fsp3) is 0.650. The van der Waals surface area contributed by atoms with Crippen LogP contribution in [0.3, 0.4) is 0 Å². The summed E-state index contributed by atoms with van der Waals surface area (Å²) in [5, 5.41) is 2.86. The van der Waals surface area contributed by atoms with E-state index in [2.05, 4.69) is 20.3 Å². The standard InChI is InChI=1S/C20H30FN7O5/c1-6-11(29)31-7-10-14(33-17(30)12(22)9(2)3)20(4,21)18(32-10)28-8-25-13-15(24-5)26-19(23)27-16(13)28/h8-10,12,14,18H,6-7,22H2,1-5H3,(H3,23,24,26,27)/t10-,12+,14-,18-,20-/m1/s1. The van der Waals surface area contributed by atoms with Crippen molar-refractivity contribution >= 4 is 34.9 Å². The van der Waals surface area contributed by atoms with Crippen molar-refractivity contribution in [1.82, 2.24) is 19.5 Å². The van der Waals surface area contributed by atoms with Crippen LogP contribution in [-0.4, -0.2) is 69.0 Å². The van der Waals surface area contributed by atoms with E-state index in [0.29, 0.717) is 11.3 Å². The number of nitrogens with one attached hydrogen (secondary N) is 1. The van der Waals surface area contributed by atoms with Crippen LogP contribution in [0, 0.1) is 5.92 Å². The predicted octanol–water partition coefficient (Wildman–Crippen LogP) is 0.924. The number of rotatable bonds is 8. The van der Waals surface area contributed by atoms with Crippen LogP contribution in [0.2, 0.25) is 0 Å². The Labute approximate surface area is 190 Å². The maximum absolute atomic E-state index is 16.3. The van der Waals surface area contributed by atoms with Crippen molar-refractivity contribution in [3.8, 4) is 0 Å². The Morgan fingerprint density at radius 1 is 1.39 bits per heavy atom. The molecule has 12 nitrogen and oxygen atoms in total. The van der Waals surface area contributed by atoms with E-state index in [1.54, 1.807) is 27.8 Å². The van der Waals surface area contributed by atoms with Gasteiger partial charge in [-0.1, -0.05) is 20.8 Å². The van der Waals surface area contributed by atoms with Gasteiger partial charge < -0.3 is 31.0 Å². The Kier molecular flexibility index (Phi) is 7.03. The number of carbonyl (C=O) groups is 2. The first-order valence-corrected chi connectivity index (χ1v) is 10.6. The average molecular weight is 468 g/mol. The van der Waals surface area contributed by atoms with Gasteiger partial charge in [0.15, 0.2) is 35.0 Å². The minimum absolute atomic E-state index is 0.0496. The number of anilines is 2. The third kappa shape index (κ3) is 4.69. The topological polar surface area (TPSA) is 170 Å². The SMILES string of the molecule is CCC(=O)OC[C@H]1O[C@@H](n2cnc3c(NC)nc(N)nc32)[C@](C)(F)[C@@H]1OC(=O)[C@@H](N)C(C)C. The normalized spacial score (nSPS) is 25.9. The lowest BCUT2D eigenvalue weighted by atomic mass is 9.97. The summed E-state index contributed by atoms with van der Waals surface area (Å²) in [5.41, 5.74) is 9.99. The molecule has 1 saturated heterocycles. The molecule has 0 aromatic carbocycles. The molecule has 1 aliphatic rings. The summed E-state index contributed by atoms with van der Waals surface area (Å²) < 4.78 is 34.2. The summed E-state index contributed by atoms with van der Waals surface area (Å²) in [5.74, 6) is -1.20. The second kappa shape index (κ2) is 9.43. The Morgan fingerprint density at radius 2 is 2.09 bits per heavy atom. The first kappa shape index (κ1) is 24.6. The van der Waals surface area contributed by atoms with Crippen LogP contribution in [0.1, 0.15) is 40.3 Å². The third-order valence-corrected chi connectivity index (χ3v) is 5.54. The number of hydrogen-bond donors (Lipinski definition) is 3. The number of nitrogens with zero attached hydrogens (tertiary/aromatic N) is 4. The van der Waals surface area contributed by atoms with Crippen LogP contribution in [0.15, 0.2) is 6.33 Å². The highest BCUT2D eigenvalue weighted by Crippen LogP contribution is 2.44. The first-order chi connectivity index (χ1) is 15.5. The molecule has 3 rings (SSSR count). The van der Waals surface area contributed by atoms with Gasteiger partial charge in [0.1, 0.15) is 18.8 Å². The van der Waals surface area contributed by atoms with Gasteiger partial charge in [0.2, 0.25) is 5.95 Å². The predicted molar refractivity (Wildman–Crippen MR) is 117 cm³/mol. The van der Waals surface area contributed by atoms with Crippen LogP contribution < -0.4 is 16.8 Å². The van der Waals surface area contributed by atoms with Crippen LogP contribution in [0.5, 0.6) is 0 Å². The molecule has 0 saturated carbocycles. The Bertz CT molecular complexity index is 1030. The number of nitrogen functional groups attached to an aromatic ring is 1. The van der Waals surface area contributed by atoms with Gasteiger partial charge >= 0.3 is 11.9 Å². The van der Waals surface area contributed by atoms with E-state index in [4.69, 9.17) is 25.7 Å². The number of nitrogens with two attached hydrogens (primary N) is 2. The number of carbonyl (C=O) groups excluding carboxylic acids is 2. The molecule has 33 heavy (non-hydrogen) atoms. The van der Waals surface area contributed by atoms with Crippen molar-refractivity contribution in [1.29, 1.82) is 0 Å². The molecular weight excluding hydrogens is 437 g/mol. The van der Waals surface area contributed by atoms with Crippen molar-refractivity contribution in [2.45, 2.75) is 64.3 Å². The summed E-state index contributed by atoms with van der Waals surface area (Å²) in [7, 11) is 1.64. The maximum Gasteiger partial charge on any atom is 0.323 e. The van der Waals surface area contributed by atoms with E-state index in [1.165, 1.54) is 17.8 Å². The van der Waals surface area contributed by atoms with E-state index in [-0.39, 0.29) is 30.5 Å². The van der Waals surface area contributed by atoms with E-state index < -0.39 is 42.1 Å². The summed E-state index contributed by atoms with van der Waals surface area (Å²) in [4.78, 5) is 36.7. The van der Waals surface area contributed by atoms with Gasteiger partial charge in [-0.2, -0.15) is 9.97 Å². The number of alkyl halides is 1. The molecule has 1 aliphatic heterocycles. The van der Waals surface area contributed by atoms with Crippen molar-refractivity contribution in [3.63, 3.8) is 0 Å². The number of fused-ring (bicyclic) bond motifs is 1. The largest absolute Gasteiger partial charge is 0.463 e. The van der Waals surface area contributed by atoms with Crippen LogP contribution in [0.4, 0.5) is 16.2 Å². The molecule has 0 spiro atoms. The van der Waals surface area contributed by atoms with Crippen LogP contribution in [-0.2, 0) is 23.8 Å². The summed E-state index contributed by atoms with van der Waals surface area (Å²) in [6.07, 6.45) is -2.36. The molecular formula is C20H30FN7O5. The van der Waals surface area contributed by atoms with Gasteiger partial charge in [0.05, 0.1) is 6.33 Å². The minimum Gasteiger partial charge on any atom is -0.463 e. The number of halogens is 1. The van der Waals surface area contributed by atoms with Crippen molar-refractivity contribution in [3.05, 3.63) is 6.33 Å². The summed E-state index contributed by atoms with van der Waals surface area (Å²) >= 11 is 0. The van der Waals surface area contributed by atoms with Crippen molar-refractivity contribution in [2.75, 3.05) is 24.7 Å². The highest BCUT2D eigenvalue weighted by molar-refractivity contribution is 5.84. The molecule has 3 heterocycles. The summed E-state index contributed by atoms with van der Waals surface area (Å²) in [6, 6.07) is -0.960. The molecule has 0 radical (unpaired) electrons. The fourth-order valence-electron chi connectivity index (χ4n) is 3.56. The molecule has 0 unspecified atom stereocenters. The van der Waals surface area contributed by atoms with E-state index in [0.717, 1.165) is 0 Å². The number of aromatic nitrogens is 4. The fourth-order valence-corrected chi connectivity index (χ4v) is 3.56. The first-order valence-electron chi connectivity index (χ1n) is 10.6. The molecule has 0 amide bonds. The zero-order chi connectivity index (χ0) is 24.5. The van der Waals surface area contributed by atoms with Gasteiger partial charge in [0.25, 0.3) is 0 Å². The molecule has 0 bridgehead atoms. The van der Waals surface area contributed by atoms with Crippen molar-refractivity contribution < 1.29 is 28.2 Å². The molecule has 2 aromatic heterocycles. The second-order valence-corrected chi connectivity index (χ2v) is 8.35.